The molecule has 1 heterocycles. The summed E-state index contributed by atoms with van der Waals surface area (Å²) < 4.78 is 13.7. The maximum absolute atomic E-state index is 13.7. The maximum Gasteiger partial charge on any atom is 0.236 e. The Morgan fingerprint density at radius 1 is 1.00 bits per heavy atom. The minimum Gasteiger partial charge on any atom is -0.369 e. The summed E-state index contributed by atoms with van der Waals surface area (Å²) in [6.45, 7) is 4.22. The third-order valence-corrected chi connectivity index (χ3v) is 4.64. The van der Waals surface area contributed by atoms with Crippen molar-refractivity contribution in [2.45, 2.75) is 6.54 Å². The lowest BCUT2D eigenvalue weighted by Gasteiger charge is -2.36. The molecule has 132 valence electrons. The molecule has 0 radical (unpaired) electrons. The summed E-state index contributed by atoms with van der Waals surface area (Å²) >= 11 is 0. The molecule has 1 aliphatic heterocycles. The van der Waals surface area contributed by atoms with Crippen molar-refractivity contribution in [3.63, 3.8) is 0 Å². The lowest BCUT2D eigenvalue weighted by Crippen LogP contribution is -2.49. The number of likely N-dealkylation sites (N-methyl/N-ethyl adjacent to an activating group) is 1. The van der Waals surface area contributed by atoms with E-state index < -0.39 is 0 Å². The molecule has 2 aromatic carbocycles. The lowest BCUT2D eigenvalue weighted by molar-refractivity contribution is -0.131. The second-order valence-electron chi connectivity index (χ2n) is 6.44. The van der Waals surface area contributed by atoms with Crippen molar-refractivity contribution in [1.29, 1.82) is 0 Å². The molecule has 0 unspecified atom stereocenters. The van der Waals surface area contributed by atoms with E-state index in [1.165, 1.54) is 11.8 Å². The fourth-order valence-corrected chi connectivity index (χ4v) is 3.09. The first-order chi connectivity index (χ1) is 12.1. The van der Waals surface area contributed by atoms with Crippen molar-refractivity contribution in [2.24, 2.45) is 0 Å². The van der Waals surface area contributed by atoms with Gasteiger partial charge in [-0.2, -0.15) is 0 Å². The van der Waals surface area contributed by atoms with E-state index >= 15 is 0 Å². The number of benzene rings is 2. The molecule has 5 heteroatoms. The molecular formula is C20H24FN3O. The van der Waals surface area contributed by atoms with Gasteiger partial charge in [-0.25, -0.2) is 4.39 Å². The van der Waals surface area contributed by atoms with E-state index in [2.05, 4.69) is 21.9 Å². The molecule has 0 atom stereocenters. The van der Waals surface area contributed by atoms with Crippen LogP contribution in [0.5, 0.6) is 0 Å². The molecular weight excluding hydrogens is 317 g/mol. The van der Waals surface area contributed by atoms with Gasteiger partial charge < -0.3 is 9.80 Å². The lowest BCUT2D eigenvalue weighted by atomic mass is 10.2. The summed E-state index contributed by atoms with van der Waals surface area (Å²) in [7, 11) is 1.73. The van der Waals surface area contributed by atoms with E-state index in [0.717, 1.165) is 26.2 Å². The molecule has 0 bridgehead atoms. The van der Waals surface area contributed by atoms with Crippen LogP contribution in [-0.2, 0) is 11.3 Å². The zero-order valence-corrected chi connectivity index (χ0v) is 14.6. The molecule has 25 heavy (non-hydrogen) atoms. The van der Waals surface area contributed by atoms with Gasteiger partial charge in [-0.3, -0.25) is 9.69 Å². The number of anilines is 1. The number of para-hydroxylation sites is 1. The van der Waals surface area contributed by atoms with Crippen LogP contribution in [0.15, 0.2) is 54.6 Å². The monoisotopic (exact) mass is 341 g/mol. The molecule has 4 nitrogen and oxygen atoms in total. The summed E-state index contributed by atoms with van der Waals surface area (Å²) in [4.78, 5) is 18.5. The first-order valence-corrected chi connectivity index (χ1v) is 8.63. The molecule has 1 amide bonds. The fourth-order valence-electron chi connectivity index (χ4n) is 3.09. The van der Waals surface area contributed by atoms with Crippen LogP contribution in [0.25, 0.3) is 0 Å². The van der Waals surface area contributed by atoms with Gasteiger partial charge in [0.25, 0.3) is 0 Å². The number of nitrogens with zero attached hydrogens (tertiary/aromatic N) is 3. The van der Waals surface area contributed by atoms with Gasteiger partial charge in [0.15, 0.2) is 0 Å². The third-order valence-electron chi connectivity index (χ3n) is 4.64. The van der Waals surface area contributed by atoms with E-state index in [9.17, 15) is 9.18 Å². The van der Waals surface area contributed by atoms with Crippen molar-refractivity contribution < 1.29 is 9.18 Å². The summed E-state index contributed by atoms with van der Waals surface area (Å²) in [5, 5.41) is 0. The van der Waals surface area contributed by atoms with Crippen LogP contribution >= 0.6 is 0 Å². The molecule has 2 aromatic rings. The summed E-state index contributed by atoms with van der Waals surface area (Å²) in [6.07, 6.45) is 0. The van der Waals surface area contributed by atoms with Crippen molar-refractivity contribution >= 4 is 11.6 Å². The quantitative estimate of drug-likeness (QED) is 0.836. The van der Waals surface area contributed by atoms with Crippen molar-refractivity contribution in [3.8, 4) is 0 Å². The van der Waals surface area contributed by atoms with Gasteiger partial charge in [0.05, 0.1) is 6.54 Å². The highest BCUT2D eigenvalue weighted by Gasteiger charge is 2.21. The van der Waals surface area contributed by atoms with Crippen LogP contribution in [0, 0.1) is 5.82 Å². The topological polar surface area (TPSA) is 26.8 Å². The molecule has 0 aliphatic carbocycles. The Kier molecular flexibility index (Phi) is 5.66. The van der Waals surface area contributed by atoms with Gasteiger partial charge >= 0.3 is 0 Å². The van der Waals surface area contributed by atoms with E-state index in [-0.39, 0.29) is 11.7 Å². The number of amides is 1. The average Bonchev–Trinajstić information content (AvgIpc) is 2.65. The van der Waals surface area contributed by atoms with E-state index in [1.807, 2.05) is 18.2 Å². The highest BCUT2D eigenvalue weighted by molar-refractivity contribution is 5.78. The number of hydrogen-bond donors (Lipinski definition) is 0. The number of rotatable bonds is 5. The minimum absolute atomic E-state index is 0.0245. The number of hydrogen-bond acceptors (Lipinski definition) is 3. The fraction of sp³-hybridized carbons (Fsp3) is 0.350. The second kappa shape index (κ2) is 8.12. The molecule has 3 rings (SSSR count). The van der Waals surface area contributed by atoms with Crippen molar-refractivity contribution in [2.75, 3.05) is 44.7 Å². The Morgan fingerprint density at radius 3 is 2.32 bits per heavy atom. The normalized spacial score (nSPS) is 15.2. The Labute approximate surface area is 148 Å². The zero-order valence-electron chi connectivity index (χ0n) is 14.6. The smallest absolute Gasteiger partial charge is 0.236 e. The van der Waals surface area contributed by atoms with Gasteiger partial charge in [-0.15, -0.1) is 0 Å². The highest BCUT2D eigenvalue weighted by atomic mass is 19.1. The number of carbonyl (C=O) groups excluding carboxylic acids is 1. The Hall–Kier alpha value is -2.40. The maximum atomic E-state index is 13.7. The Balaban J connectivity index is 1.48. The van der Waals surface area contributed by atoms with Gasteiger partial charge in [-0.05, 0) is 18.2 Å². The summed E-state index contributed by atoms with van der Waals surface area (Å²) in [5.41, 5.74) is 1.78. The first kappa shape index (κ1) is 17.4. The SMILES string of the molecule is CN(Cc1ccccc1F)C(=O)CN1CCN(c2ccccc2)CC1. The van der Waals surface area contributed by atoms with Gasteiger partial charge in [0, 0.05) is 51.0 Å². The predicted octanol–water partition coefficient (Wildman–Crippen LogP) is 2.61. The number of carbonyl (C=O) groups is 1. The van der Waals surface area contributed by atoms with Crippen LogP contribution in [-0.4, -0.2) is 55.5 Å². The molecule has 0 spiro atoms. The predicted molar refractivity (Wildman–Crippen MR) is 98.0 cm³/mol. The third kappa shape index (κ3) is 4.57. The van der Waals surface area contributed by atoms with Gasteiger partial charge in [-0.1, -0.05) is 36.4 Å². The van der Waals surface area contributed by atoms with Crippen LogP contribution in [0.4, 0.5) is 10.1 Å². The molecule has 1 saturated heterocycles. The number of halogens is 1. The van der Waals surface area contributed by atoms with E-state index in [0.29, 0.717) is 18.7 Å². The largest absolute Gasteiger partial charge is 0.369 e. The summed E-state index contributed by atoms with van der Waals surface area (Å²) in [6, 6.07) is 16.9. The number of piperazine rings is 1. The van der Waals surface area contributed by atoms with Gasteiger partial charge in [0.2, 0.25) is 5.91 Å². The second-order valence-corrected chi connectivity index (χ2v) is 6.44. The summed E-state index contributed by atoms with van der Waals surface area (Å²) in [5.74, 6) is -0.241. The van der Waals surface area contributed by atoms with Crippen LogP contribution < -0.4 is 4.90 Å². The standard InChI is InChI=1S/C20H24FN3O/c1-22(15-17-7-5-6-10-19(17)21)20(25)16-23-11-13-24(14-12-23)18-8-3-2-4-9-18/h2-10H,11-16H2,1H3. The molecule has 0 N–H and O–H groups in total. The van der Waals surface area contributed by atoms with Gasteiger partial charge in [0.1, 0.15) is 5.82 Å². The first-order valence-electron chi connectivity index (χ1n) is 8.63. The highest BCUT2D eigenvalue weighted by Crippen LogP contribution is 2.15. The van der Waals surface area contributed by atoms with Crippen molar-refractivity contribution in [3.05, 3.63) is 66.0 Å². The van der Waals surface area contributed by atoms with Crippen molar-refractivity contribution in [1.82, 2.24) is 9.80 Å². The van der Waals surface area contributed by atoms with Crippen LogP contribution in [0.1, 0.15) is 5.56 Å². The molecule has 0 saturated carbocycles. The van der Waals surface area contributed by atoms with Crippen LogP contribution in [0.2, 0.25) is 0 Å². The van der Waals surface area contributed by atoms with E-state index in [4.69, 9.17) is 0 Å². The molecule has 1 fully saturated rings. The molecule has 1 aliphatic rings. The zero-order chi connectivity index (χ0) is 17.6. The minimum atomic E-state index is -0.265. The Bertz CT molecular complexity index is 699. The molecule has 0 aromatic heterocycles. The van der Waals surface area contributed by atoms with Crippen LogP contribution in [0.3, 0.4) is 0 Å². The average molecular weight is 341 g/mol. The Morgan fingerprint density at radius 2 is 1.64 bits per heavy atom. The van der Waals surface area contributed by atoms with E-state index in [1.54, 1.807) is 30.1 Å².